The van der Waals surface area contributed by atoms with Gasteiger partial charge in [-0.2, -0.15) is 22.6 Å². The summed E-state index contributed by atoms with van der Waals surface area (Å²) in [6.07, 6.45) is 7.05. The first-order chi connectivity index (χ1) is 43.2. The van der Waals surface area contributed by atoms with Crippen molar-refractivity contribution < 1.29 is 94.4 Å². The van der Waals surface area contributed by atoms with Crippen molar-refractivity contribution in [2.75, 3.05) is 55.7 Å². The van der Waals surface area contributed by atoms with Gasteiger partial charge in [-0.15, -0.1) is 25.3 Å². The molecule has 2 aliphatic heterocycles. The van der Waals surface area contributed by atoms with Crippen LogP contribution in [-0.2, 0) is 66.7 Å². The molecule has 32 heteroatoms. The highest BCUT2D eigenvalue weighted by molar-refractivity contribution is 7.86. The topological polar surface area (TPSA) is 434 Å². The molecule has 8 rings (SSSR count). The van der Waals surface area contributed by atoms with Crippen molar-refractivity contribution in [3.63, 3.8) is 0 Å². The van der Waals surface area contributed by atoms with Gasteiger partial charge in [-0.3, -0.25) is 28.5 Å². The Balaban J connectivity index is 0.00000129. The van der Waals surface area contributed by atoms with E-state index >= 15 is 0 Å². The van der Waals surface area contributed by atoms with Crippen LogP contribution < -0.4 is 26.2 Å². The summed E-state index contributed by atoms with van der Waals surface area (Å²) in [6, 6.07) is 25.7. The van der Waals surface area contributed by atoms with E-state index in [9.17, 15) is 55.0 Å². The van der Waals surface area contributed by atoms with Gasteiger partial charge in [0.2, 0.25) is 5.69 Å². The number of hydrogen-bond acceptors (Lipinski definition) is 21. The van der Waals surface area contributed by atoms with Gasteiger partial charge in [-0.25, -0.2) is 18.4 Å². The molecule has 28 nitrogen and oxygen atoms in total. The van der Waals surface area contributed by atoms with Crippen LogP contribution in [0.15, 0.2) is 109 Å². The lowest BCUT2D eigenvalue weighted by atomic mass is 9.79. The lowest BCUT2D eigenvalue weighted by Gasteiger charge is -2.27. The molecule has 0 saturated carbocycles. The van der Waals surface area contributed by atoms with Crippen molar-refractivity contribution in [3.8, 4) is 22.3 Å². The third-order valence-corrected chi connectivity index (χ3v) is 15.9. The molecule has 0 radical (unpaired) electrons. The van der Waals surface area contributed by atoms with E-state index < -0.39 is 106 Å². The minimum absolute atomic E-state index is 0.0280. The molecule has 0 atom stereocenters. The number of carboxylic acid groups (broad SMARTS) is 1. The molecular weight excluding hydrogens is 1280 g/mol. The second kappa shape index (κ2) is 31.5. The number of carbonyl (C=O) groups is 5. The maximum atomic E-state index is 13.5. The predicted molar refractivity (Wildman–Crippen MR) is 333 cm³/mol. The van der Waals surface area contributed by atoms with E-state index in [1.165, 1.54) is 12.1 Å². The van der Waals surface area contributed by atoms with Crippen molar-refractivity contribution in [3.05, 3.63) is 143 Å². The Labute approximate surface area is 531 Å². The van der Waals surface area contributed by atoms with Crippen LogP contribution in [0.1, 0.15) is 114 Å². The van der Waals surface area contributed by atoms with Gasteiger partial charge in [0.1, 0.15) is 35.9 Å². The standard InChI is InChI=1S/C59H64N8O12S2.CO2.2O3S/c1-8-24-66-49(58(4,5)43-32-41(37-17-11-13-19-39(37)52(43)66)36-30-47(56(72)62-23-27-81(77,78)79)65-48(31-36)57(73)63-34-51(68)69)21-15-22-50-59(6,7)44-33-42(35-28-45(54(70)60-9-2)64-46(29-35)55(71)61-10-3)38-18-12-14-20-40(38)53(44)67(50)25-16-26-80(74,75)76;2-1-3;2*1-4(2)3/h11-15,17-22,28-33H,8-10,16,23-27,34H2,1-7H3,(H6-,60,61,62,63,68,69,70,71,72,73,74,75,76,77,78,79);;;. The molecule has 0 fully saturated rings. The second-order valence-electron chi connectivity index (χ2n) is 21.3. The Morgan fingerprint density at radius 2 is 1.09 bits per heavy atom. The molecule has 4 heterocycles. The number of nitrogens with zero attached hydrogens (tertiary/aromatic N) is 4. The molecule has 4 aromatic carbocycles. The average molecular weight is 1350 g/mol. The van der Waals surface area contributed by atoms with Crippen LogP contribution in [0.25, 0.3) is 43.8 Å². The van der Waals surface area contributed by atoms with E-state index in [1.54, 1.807) is 26.0 Å². The molecule has 0 unspecified atom stereocenters. The molecule has 2 aliphatic rings. The molecular formula is C60H64N8O20S4. The molecule has 6 N–H and O–H groups in total. The average Bonchev–Trinajstić information content (AvgIpc) is 1.58. The molecule has 6 aromatic rings. The zero-order valence-electron chi connectivity index (χ0n) is 50.6. The summed E-state index contributed by atoms with van der Waals surface area (Å²) in [7, 11) is -15.2. The number of carboxylic acids is 1. The van der Waals surface area contributed by atoms with Crippen LogP contribution in [0.5, 0.6) is 0 Å². The highest BCUT2D eigenvalue weighted by atomic mass is 32.2. The third kappa shape index (κ3) is 18.3. The van der Waals surface area contributed by atoms with Crippen LogP contribution in [0.3, 0.4) is 0 Å². The molecule has 0 bridgehead atoms. The fourth-order valence-corrected chi connectivity index (χ4v) is 11.7. The minimum atomic E-state index is -4.57. The molecule has 488 valence electrons. The van der Waals surface area contributed by atoms with E-state index in [-0.39, 0.29) is 41.9 Å². The quantitative estimate of drug-likeness (QED) is 0.0429. The summed E-state index contributed by atoms with van der Waals surface area (Å²) in [6.45, 7) is 14.2. The summed E-state index contributed by atoms with van der Waals surface area (Å²) in [4.78, 5) is 92.3. The van der Waals surface area contributed by atoms with E-state index in [0.29, 0.717) is 36.3 Å². The van der Waals surface area contributed by atoms with Crippen LogP contribution in [0.2, 0.25) is 0 Å². The SMILES string of the molecule is CCCN1/C(=C/C=C/C2=[N+](CCCS(=O)(=O)[O-])c3c(cc(-c4cc(C(=O)NCC)nc(C(=O)NCC)c4)c4ccccc34)C2(C)C)C(C)(C)c2cc(-c3cc(C(=O)NCCS(=O)(=O)O)nc(C(=O)NCC(=O)O)c3)c3ccccc3c21.O=C=O.O=S(=O)=O.O=S(=O)=O. The lowest BCUT2D eigenvalue weighted by Crippen LogP contribution is -2.32. The minimum Gasteiger partial charge on any atom is -0.748 e. The summed E-state index contributed by atoms with van der Waals surface area (Å²) in [5.74, 6) is -5.26. The monoisotopic (exact) mass is 1340 g/mol. The molecule has 2 aromatic heterocycles. The number of fused-ring (bicyclic) bond motifs is 6. The van der Waals surface area contributed by atoms with Crippen molar-refractivity contribution in [1.29, 1.82) is 0 Å². The number of aliphatic carboxylic acids is 1. The first-order valence-electron chi connectivity index (χ1n) is 27.9. The van der Waals surface area contributed by atoms with Gasteiger partial charge in [-0.05, 0) is 121 Å². The molecule has 4 amide bonds. The van der Waals surface area contributed by atoms with Crippen LogP contribution in [0.4, 0.5) is 11.4 Å². The van der Waals surface area contributed by atoms with Gasteiger partial charge in [-0.1, -0.05) is 69.3 Å². The highest BCUT2D eigenvalue weighted by Gasteiger charge is 2.46. The van der Waals surface area contributed by atoms with Gasteiger partial charge in [0.05, 0.1) is 32.4 Å². The van der Waals surface area contributed by atoms with Crippen LogP contribution in [0, 0.1) is 0 Å². The zero-order valence-corrected chi connectivity index (χ0v) is 53.8. The number of rotatable bonds is 21. The Morgan fingerprint density at radius 1 is 0.652 bits per heavy atom. The number of benzene rings is 4. The van der Waals surface area contributed by atoms with E-state index in [2.05, 4.69) is 81.4 Å². The molecule has 0 aliphatic carbocycles. The van der Waals surface area contributed by atoms with E-state index in [1.807, 2.05) is 72.8 Å². The predicted octanol–water partition coefficient (Wildman–Crippen LogP) is 4.42. The summed E-state index contributed by atoms with van der Waals surface area (Å²) < 4.78 is 121. The molecule has 0 saturated heterocycles. The third-order valence-electron chi connectivity index (χ3n) is 14.4. The second-order valence-corrected chi connectivity index (χ2v) is 25.2. The maximum absolute atomic E-state index is 13.5. The van der Waals surface area contributed by atoms with Crippen LogP contribution in [-0.4, -0.2) is 163 Å². The van der Waals surface area contributed by atoms with Gasteiger partial charge in [0.15, 0.2) is 5.71 Å². The Morgan fingerprint density at radius 3 is 1.53 bits per heavy atom. The van der Waals surface area contributed by atoms with Crippen molar-refractivity contribution in [2.45, 2.75) is 72.1 Å². The summed E-state index contributed by atoms with van der Waals surface area (Å²) in [5.41, 5.74) is 5.70. The number of aromatic nitrogens is 2. The Bertz CT molecular complexity index is 4450. The lowest BCUT2D eigenvalue weighted by molar-refractivity contribution is -0.435. The smallest absolute Gasteiger partial charge is 0.425 e. The zero-order chi connectivity index (χ0) is 68.6. The number of amides is 4. The van der Waals surface area contributed by atoms with Gasteiger partial charge in [0.25, 0.3) is 33.7 Å². The molecule has 92 heavy (non-hydrogen) atoms. The van der Waals surface area contributed by atoms with E-state index in [0.717, 1.165) is 67.4 Å². The van der Waals surface area contributed by atoms with Gasteiger partial charge in [0, 0.05) is 66.5 Å². The van der Waals surface area contributed by atoms with Crippen molar-refractivity contribution >= 4 is 116 Å². The normalized spacial score (nSPS) is 13.9. The number of allylic oxidation sites excluding steroid dienone is 4. The highest BCUT2D eigenvalue weighted by Crippen LogP contribution is 2.53. The first-order valence-corrected chi connectivity index (χ1v) is 33.1. The fraction of sp³-hybridized carbons (Fsp3) is 0.317. The Hall–Kier alpha value is -9.56. The van der Waals surface area contributed by atoms with Gasteiger partial charge < -0.3 is 35.8 Å². The fourth-order valence-electron chi connectivity index (χ4n) is 10.8. The van der Waals surface area contributed by atoms with Gasteiger partial charge >= 0.3 is 33.3 Å². The summed E-state index contributed by atoms with van der Waals surface area (Å²) >= 11 is 0. The Kier molecular flexibility index (Phi) is 25.0. The van der Waals surface area contributed by atoms with Crippen molar-refractivity contribution in [1.82, 2.24) is 31.2 Å². The number of nitrogens with one attached hydrogen (secondary N) is 4. The number of hydrogen-bond donors (Lipinski definition) is 6. The first kappa shape index (κ1) is 73.2. The maximum Gasteiger partial charge on any atom is 0.425 e. The molecule has 0 spiro atoms. The largest absolute Gasteiger partial charge is 0.748 e. The number of anilines is 1. The van der Waals surface area contributed by atoms with E-state index in [4.69, 9.17) is 34.8 Å². The number of pyridine rings is 2. The summed E-state index contributed by atoms with van der Waals surface area (Å²) in [5, 5.41) is 22.8. The number of carbonyl (C=O) groups excluding carboxylic acids is 6. The van der Waals surface area contributed by atoms with Crippen LogP contribution >= 0.6 is 0 Å². The van der Waals surface area contributed by atoms with Crippen molar-refractivity contribution in [2.24, 2.45) is 0 Å².